The van der Waals surface area contributed by atoms with Gasteiger partial charge in [0.25, 0.3) is 0 Å². The number of fused-ring (bicyclic) bond motifs is 2. The number of likely N-dealkylation sites (N-methyl/N-ethyl adjacent to an activating group) is 1. The smallest absolute Gasteiger partial charge is 0.416 e. The molecule has 2 aromatic rings. The predicted molar refractivity (Wildman–Crippen MR) is 149 cm³/mol. The molecule has 0 bridgehead atoms. The Balaban J connectivity index is 0.00000129. The number of ether oxygens (including phenoxy) is 5. The highest BCUT2D eigenvalue weighted by Crippen LogP contribution is 2.56. The summed E-state index contributed by atoms with van der Waals surface area (Å²) in [7, 11) is 6.65. The van der Waals surface area contributed by atoms with Crippen LogP contribution in [-0.2, 0) is 31.6 Å². The summed E-state index contributed by atoms with van der Waals surface area (Å²) < 4.78 is 67.1. The van der Waals surface area contributed by atoms with Crippen molar-refractivity contribution >= 4 is 5.97 Å². The topological polar surface area (TPSA) is 86.7 Å². The van der Waals surface area contributed by atoms with Gasteiger partial charge in [0.05, 0.1) is 25.0 Å². The van der Waals surface area contributed by atoms with E-state index in [-0.39, 0.29) is 24.0 Å². The van der Waals surface area contributed by atoms with Gasteiger partial charge in [-0.1, -0.05) is 24.3 Å². The molecule has 1 N–H and O–H groups in total. The summed E-state index contributed by atoms with van der Waals surface area (Å²) in [5.41, 5.74) is 2.28. The minimum Gasteiger partial charge on any atom is -0.504 e. The molecule has 8 nitrogen and oxygen atoms in total. The highest BCUT2D eigenvalue weighted by molar-refractivity contribution is 5.92. The van der Waals surface area contributed by atoms with Gasteiger partial charge in [0, 0.05) is 37.5 Å². The van der Waals surface area contributed by atoms with Crippen molar-refractivity contribution in [1.29, 1.82) is 0 Å². The second-order valence-electron chi connectivity index (χ2n) is 10.0. The van der Waals surface area contributed by atoms with E-state index in [0.29, 0.717) is 47.2 Å². The van der Waals surface area contributed by atoms with E-state index in [1.165, 1.54) is 12.3 Å². The van der Waals surface area contributed by atoms with Crippen LogP contribution in [0.1, 0.15) is 36.1 Å². The number of phenols is 1. The average molecular weight is 590 g/mol. The van der Waals surface area contributed by atoms with Crippen molar-refractivity contribution in [3.8, 4) is 28.4 Å². The first-order chi connectivity index (χ1) is 20.0. The van der Waals surface area contributed by atoms with Gasteiger partial charge in [0.1, 0.15) is 6.10 Å². The van der Waals surface area contributed by atoms with Gasteiger partial charge in [-0.2, -0.15) is 13.2 Å². The van der Waals surface area contributed by atoms with Crippen molar-refractivity contribution in [1.82, 2.24) is 4.90 Å². The molecule has 2 aromatic carbocycles. The second kappa shape index (κ2) is 12.9. The van der Waals surface area contributed by atoms with Gasteiger partial charge in [-0.3, -0.25) is 4.90 Å². The van der Waals surface area contributed by atoms with Gasteiger partial charge in [-0.25, -0.2) is 4.79 Å². The Labute approximate surface area is 242 Å². The summed E-state index contributed by atoms with van der Waals surface area (Å²) in [5, 5.41) is 11.4. The first kappa shape index (κ1) is 31.0. The molecule has 5 rings (SSSR count). The largest absolute Gasteiger partial charge is 0.504 e. The molecule has 0 saturated carbocycles. The Morgan fingerprint density at radius 2 is 1.86 bits per heavy atom. The molecule has 0 radical (unpaired) electrons. The van der Waals surface area contributed by atoms with Gasteiger partial charge < -0.3 is 28.8 Å². The number of hydrogen-bond donors (Lipinski definition) is 1. The van der Waals surface area contributed by atoms with Crippen molar-refractivity contribution in [3.05, 3.63) is 76.6 Å². The zero-order chi connectivity index (χ0) is 30.6. The Bertz CT molecular complexity index is 1410. The number of hydrogen-bond acceptors (Lipinski definition) is 8. The number of methoxy groups -OCH3 is 2. The fraction of sp³-hybridized carbons (Fsp3) is 0.387. The van der Waals surface area contributed by atoms with Crippen LogP contribution in [0.4, 0.5) is 13.2 Å². The molecule has 0 saturated heterocycles. The summed E-state index contributed by atoms with van der Waals surface area (Å²) in [6.45, 7) is 2.03. The minimum absolute atomic E-state index is 0.0673. The molecule has 0 aliphatic carbocycles. The number of esters is 1. The van der Waals surface area contributed by atoms with E-state index in [9.17, 15) is 23.1 Å². The average Bonchev–Trinajstić information content (AvgIpc) is 3.54. The number of carbonyl (C=O) groups is 1. The molecule has 3 aliphatic rings. The van der Waals surface area contributed by atoms with Crippen molar-refractivity contribution in [3.63, 3.8) is 0 Å². The van der Waals surface area contributed by atoms with Gasteiger partial charge in [0.15, 0.2) is 11.5 Å². The lowest BCUT2D eigenvalue weighted by molar-refractivity contribution is -0.142. The van der Waals surface area contributed by atoms with Gasteiger partial charge in [0.2, 0.25) is 12.5 Å². The second-order valence-corrected chi connectivity index (χ2v) is 10.0. The minimum atomic E-state index is -4.53. The van der Waals surface area contributed by atoms with Crippen LogP contribution < -0.4 is 9.47 Å². The normalized spacial score (nSPS) is 20.1. The summed E-state index contributed by atoms with van der Waals surface area (Å²) in [6, 6.07) is 4.41. The third-order valence-corrected chi connectivity index (χ3v) is 7.35. The van der Waals surface area contributed by atoms with Crippen LogP contribution >= 0.6 is 0 Å². The first-order valence-corrected chi connectivity index (χ1v) is 13.2. The van der Waals surface area contributed by atoms with Gasteiger partial charge in [-0.15, -0.1) is 0 Å². The number of carbonyl (C=O) groups excluding carboxylic acids is 1. The van der Waals surface area contributed by atoms with E-state index in [4.69, 9.17) is 18.9 Å². The van der Waals surface area contributed by atoms with Crippen LogP contribution in [0, 0.1) is 0 Å². The van der Waals surface area contributed by atoms with E-state index in [1.807, 2.05) is 18.0 Å². The summed E-state index contributed by atoms with van der Waals surface area (Å²) in [4.78, 5) is 14.7. The number of halogens is 3. The lowest BCUT2D eigenvalue weighted by Gasteiger charge is -2.39. The van der Waals surface area contributed by atoms with E-state index in [2.05, 4.69) is 4.74 Å². The summed E-state index contributed by atoms with van der Waals surface area (Å²) in [6.07, 6.45) is 2.51. The maximum atomic E-state index is 13.6. The Morgan fingerprint density at radius 1 is 1.14 bits per heavy atom. The molecule has 2 unspecified atom stereocenters. The third kappa shape index (κ3) is 5.98. The Morgan fingerprint density at radius 3 is 2.55 bits per heavy atom. The molecule has 2 atom stereocenters. The van der Waals surface area contributed by atoms with E-state index in [1.54, 1.807) is 46.5 Å². The summed E-state index contributed by atoms with van der Waals surface area (Å²) in [5.74, 6) is -0.340. The fourth-order valence-corrected chi connectivity index (χ4v) is 5.48. The van der Waals surface area contributed by atoms with E-state index in [0.717, 1.165) is 17.7 Å². The zero-order valence-electron chi connectivity index (χ0n) is 24.1. The fourth-order valence-electron chi connectivity index (χ4n) is 5.48. The SMILES string of the molecule is CO/C=C/C=CCC1=C(C)C(=O)OC1C1c2c(O)c3c(c(-c4cccc(C(F)(F)F)c4)c2CCN1C)OCO3.COC. The molecular formula is C31H34F3NO7. The molecule has 0 aromatic heterocycles. The first-order valence-electron chi connectivity index (χ1n) is 13.2. The van der Waals surface area contributed by atoms with Crippen LogP contribution in [0.2, 0.25) is 0 Å². The van der Waals surface area contributed by atoms with Crippen LogP contribution in [0.25, 0.3) is 11.1 Å². The zero-order valence-corrected chi connectivity index (χ0v) is 24.1. The summed E-state index contributed by atoms with van der Waals surface area (Å²) >= 11 is 0. The maximum absolute atomic E-state index is 13.6. The molecule has 226 valence electrons. The number of alkyl halides is 3. The number of nitrogens with zero attached hydrogens (tertiary/aromatic N) is 1. The van der Waals surface area contributed by atoms with Crippen molar-refractivity contribution in [2.24, 2.45) is 0 Å². The monoisotopic (exact) mass is 589 g/mol. The lowest BCUT2D eigenvalue weighted by atomic mass is 9.81. The van der Waals surface area contributed by atoms with Crippen molar-refractivity contribution in [2.45, 2.75) is 38.1 Å². The van der Waals surface area contributed by atoms with Crippen LogP contribution in [0.15, 0.2) is 59.9 Å². The highest BCUT2D eigenvalue weighted by atomic mass is 19.4. The van der Waals surface area contributed by atoms with Crippen LogP contribution in [0.3, 0.4) is 0 Å². The van der Waals surface area contributed by atoms with Crippen molar-refractivity contribution in [2.75, 3.05) is 41.7 Å². The van der Waals surface area contributed by atoms with E-state index >= 15 is 0 Å². The number of benzene rings is 2. The molecule has 42 heavy (non-hydrogen) atoms. The number of aromatic hydroxyl groups is 1. The maximum Gasteiger partial charge on any atom is 0.416 e. The van der Waals surface area contributed by atoms with Gasteiger partial charge in [-0.05, 0) is 61.7 Å². The molecule has 3 heterocycles. The standard InChI is InChI=1S/C29H28F3NO6.C2H6O/c1-16-19(10-5-4-6-13-36-3)25(39-28(16)35)23-22-20(11-12-33(23)2)21(26-27(24(22)34)38-15-37-26)17-8-7-9-18(14-17)29(30,31)32;1-3-2/h4-9,13-14,23,25,34H,10-12,15H2,1-3H3;1-2H3/b5-4?,13-6+;. The van der Waals surface area contributed by atoms with Crippen LogP contribution in [-0.4, -0.2) is 63.8 Å². The lowest BCUT2D eigenvalue weighted by Crippen LogP contribution is -2.40. The number of cyclic esters (lactones) is 1. The molecular weight excluding hydrogens is 555 g/mol. The Hall–Kier alpha value is -3.96. The van der Waals surface area contributed by atoms with Crippen LogP contribution in [0.5, 0.6) is 17.2 Å². The number of rotatable bonds is 6. The van der Waals surface area contributed by atoms with E-state index < -0.39 is 29.9 Å². The number of allylic oxidation sites excluding steroid dienone is 3. The number of phenolic OH excluding ortho intramolecular Hbond substituents is 1. The molecule has 0 amide bonds. The third-order valence-electron chi connectivity index (χ3n) is 7.35. The molecule has 0 spiro atoms. The highest BCUT2D eigenvalue weighted by Gasteiger charge is 2.45. The molecule has 11 heteroatoms. The van der Waals surface area contributed by atoms with Gasteiger partial charge >= 0.3 is 12.1 Å². The molecule has 0 fully saturated rings. The van der Waals surface area contributed by atoms with Crippen molar-refractivity contribution < 1.29 is 46.8 Å². The quantitative estimate of drug-likeness (QED) is 0.252. The Kier molecular flexibility index (Phi) is 9.53. The predicted octanol–water partition coefficient (Wildman–Crippen LogP) is 5.95. The molecule has 3 aliphatic heterocycles.